The highest BCUT2D eigenvalue weighted by Gasteiger charge is 2.23. The zero-order chi connectivity index (χ0) is 12.1. The van der Waals surface area contributed by atoms with Crippen molar-refractivity contribution in [2.45, 2.75) is 51.2 Å². The lowest BCUT2D eigenvalue weighted by Gasteiger charge is -2.29. The van der Waals surface area contributed by atoms with E-state index >= 15 is 0 Å². The minimum absolute atomic E-state index is 0.148. The van der Waals surface area contributed by atoms with E-state index < -0.39 is 0 Å². The Morgan fingerprint density at radius 1 is 1.24 bits per heavy atom. The van der Waals surface area contributed by atoms with Crippen molar-refractivity contribution in [1.29, 1.82) is 0 Å². The Hall–Kier alpha value is -1.15. The molecule has 0 spiro atoms. The van der Waals surface area contributed by atoms with E-state index in [0.29, 0.717) is 6.42 Å². The molecule has 2 rings (SSSR count). The third-order valence-electron chi connectivity index (χ3n) is 3.26. The minimum atomic E-state index is 0.148. The molecule has 17 heavy (non-hydrogen) atoms. The second-order valence-electron chi connectivity index (χ2n) is 4.91. The molecular weight excluding hydrogens is 212 g/mol. The van der Waals surface area contributed by atoms with Gasteiger partial charge in [0.1, 0.15) is 5.78 Å². The van der Waals surface area contributed by atoms with E-state index in [4.69, 9.17) is 4.74 Å². The van der Waals surface area contributed by atoms with Crippen LogP contribution in [0.15, 0.2) is 30.3 Å². The predicted molar refractivity (Wildman–Crippen MR) is 68.0 cm³/mol. The second-order valence-corrected chi connectivity index (χ2v) is 4.91. The van der Waals surface area contributed by atoms with Crippen molar-refractivity contribution in [3.05, 3.63) is 35.9 Å². The number of benzene rings is 1. The molecule has 0 aromatic heterocycles. The van der Waals surface area contributed by atoms with Crippen molar-refractivity contribution < 1.29 is 9.53 Å². The van der Waals surface area contributed by atoms with Gasteiger partial charge in [-0.3, -0.25) is 4.79 Å². The fourth-order valence-corrected chi connectivity index (χ4v) is 2.48. The number of hydrogen-bond donors (Lipinski definition) is 0. The van der Waals surface area contributed by atoms with Gasteiger partial charge in [-0.2, -0.15) is 0 Å². The number of ketones is 1. The maximum Gasteiger partial charge on any atom is 0.132 e. The number of hydrogen-bond acceptors (Lipinski definition) is 2. The van der Waals surface area contributed by atoms with Crippen molar-refractivity contribution in [2.24, 2.45) is 0 Å². The summed E-state index contributed by atoms with van der Waals surface area (Å²) in [6.07, 6.45) is 5.30. The van der Waals surface area contributed by atoms with Crippen LogP contribution in [0.1, 0.15) is 38.2 Å². The molecule has 92 valence electrons. The van der Waals surface area contributed by atoms with Crippen LogP contribution >= 0.6 is 0 Å². The molecule has 0 saturated carbocycles. The van der Waals surface area contributed by atoms with Gasteiger partial charge in [-0.1, -0.05) is 30.3 Å². The van der Waals surface area contributed by atoms with Crippen LogP contribution in [0.5, 0.6) is 0 Å². The molecule has 1 aromatic carbocycles. The van der Waals surface area contributed by atoms with Gasteiger partial charge in [-0.15, -0.1) is 0 Å². The first-order valence-electron chi connectivity index (χ1n) is 6.43. The molecule has 2 nitrogen and oxygen atoms in total. The predicted octanol–water partition coefficient (Wildman–Crippen LogP) is 3.15. The van der Waals surface area contributed by atoms with Crippen LogP contribution in [0.3, 0.4) is 0 Å². The highest BCUT2D eigenvalue weighted by atomic mass is 16.5. The first-order valence-corrected chi connectivity index (χ1v) is 6.43. The van der Waals surface area contributed by atoms with Crippen LogP contribution in [0.25, 0.3) is 0 Å². The zero-order valence-corrected chi connectivity index (χ0v) is 10.4. The second kappa shape index (κ2) is 5.97. The lowest BCUT2D eigenvalue weighted by molar-refractivity contribution is -0.123. The summed E-state index contributed by atoms with van der Waals surface area (Å²) in [6.45, 7) is 1.64. The Bertz CT molecular complexity index is 358. The van der Waals surface area contributed by atoms with Gasteiger partial charge in [0, 0.05) is 6.42 Å². The SMILES string of the molecule is CC(=O)C[C@@H]1CCC[C@H](Cc2ccccc2)O1. The maximum atomic E-state index is 11.1. The van der Waals surface area contributed by atoms with Crippen LogP contribution in [-0.2, 0) is 16.0 Å². The van der Waals surface area contributed by atoms with Gasteiger partial charge >= 0.3 is 0 Å². The first-order chi connectivity index (χ1) is 8.24. The quantitative estimate of drug-likeness (QED) is 0.797. The molecule has 1 aromatic rings. The van der Waals surface area contributed by atoms with Gasteiger partial charge in [-0.05, 0) is 38.2 Å². The lowest BCUT2D eigenvalue weighted by atomic mass is 9.97. The van der Waals surface area contributed by atoms with Gasteiger partial charge < -0.3 is 4.74 Å². The summed E-state index contributed by atoms with van der Waals surface area (Å²) in [6, 6.07) is 10.4. The average molecular weight is 232 g/mol. The van der Waals surface area contributed by atoms with E-state index in [1.165, 1.54) is 12.0 Å². The Balaban J connectivity index is 1.87. The third kappa shape index (κ3) is 3.97. The molecule has 0 N–H and O–H groups in total. The highest BCUT2D eigenvalue weighted by molar-refractivity contribution is 5.75. The zero-order valence-electron chi connectivity index (χ0n) is 10.4. The average Bonchev–Trinajstić information content (AvgIpc) is 2.30. The van der Waals surface area contributed by atoms with Crippen molar-refractivity contribution >= 4 is 5.78 Å². The molecule has 2 heteroatoms. The summed E-state index contributed by atoms with van der Waals surface area (Å²) in [4.78, 5) is 11.1. The molecule has 2 atom stereocenters. The van der Waals surface area contributed by atoms with Crippen molar-refractivity contribution in [1.82, 2.24) is 0 Å². The summed E-state index contributed by atoms with van der Waals surface area (Å²) in [5.41, 5.74) is 1.32. The minimum Gasteiger partial charge on any atom is -0.374 e. The number of rotatable bonds is 4. The molecule has 0 aliphatic carbocycles. The van der Waals surface area contributed by atoms with Gasteiger partial charge in [0.25, 0.3) is 0 Å². The summed E-state index contributed by atoms with van der Waals surface area (Å²) in [5, 5.41) is 0. The van der Waals surface area contributed by atoms with Crippen molar-refractivity contribution in [3.8, 4) is 0 Å². The van der Waals surface area contributed by atoms with Crippen LogP contribution in [-0.4, -0.2) is 18.0 Å². The standard InChI is InChI=1S/C15H20O2/c1-12(16)10-14-8-5-9-15(17-14)11-13-6-3-2-4-7-13/h2-4,6-7,14-15H,5,8-11H2,1H3/t14-,15+/m0/s1. The largest absolute Gasteiger partial charge is 0.374 e. The Labute approximate surface area is 103 Å². The topological polar surface area (TPSA) is 26.3 Å². The van der Waals surface area contributed by atoms with Crippen LogP contribution in [0, 0.1) is 0 Å². The Morgan fingerprint density at radius 3 is 2.65 bits per heavy atom. The molecule has 0 amide bonds. The molecule has 1 fully saturated rings. The Kier molecular flexibility index (Phi) is 4.32. The van der Waals surface area contributed by atoms with E-state index in [2.05, 4.69) is 24.3 Å². The van der Waals surface area contributed by atoms with Crippen molar-refractivity contribution in [2.75, 3.05) is 0 Å². The molecule has 0 radical (unpaired) electrons. The maximum absolute atomic E-state index is 11.1. The number of ether oxygens (including phenoxy) is 1. The fourth-order valence-electron chi connectivity index (χ4n) is 2.48. The molecule has 1 saturated heterocycles. The highest BCUT2D eigenvalue weighted by Crippen LogP contribution is 2.23. The number of carbonyl (C=O) groups is 1. The van der Waals surface area contributed by atoms with Gasteiger partial charge in [0.05, 0.1) is 12.2 Å². The molecule has 1 heterocycles. The fraction of sp³-hybridized carbons (Fsp3) is 0.533. The van der Waals surface area contributed by atoms with E-state index in [0.717, 1.165) is 19.3 Å². The van der Waals surface area contributed by atoms with E-state index in [1.54, 1.807) is 6.92 Å². The molecule has 1 aliphatic heterocycles. The van der Waals surface area contributed by atoms with Gasteiger partial charge in [0.15, 0.2) is 0 Å². The van der Waals surface area contributed by atoms with Crippen molar-refractivity contribution in [3.63, 3.8) is 0 Å². The van der Waals surface area contributed by atoms with E-state index in [-0.39, 0.29) is 18.0 Å². The summed E-state index contributed by atoms with van der Waals surface area (Å²) < 4.78 is 5.98. The monoisotopic (exact) mass is 232 g/mol. The Morgan fingerprint density at radius 2 is 1.94 bits per heavy atom. The summed E-state index contributed by atoms with van der Waals surface area (Å²) in [5.74, 6) is 0.232. The smallest absolute Gasteiger partial charge is 0.132 e. The lowest BCUT2D eigenvalue weighted by Crippen LogP contribution is -2.30. The van der Waals surface area contributed by atoms with Crippen LogP contribution < -0.4 is 0 Å². The number of carbonyl (C=O) groups excluding carboxylic acids is 1. The van der Waals surface area contributed by atoms with Gasteiger partial charge in [-0.25, -0.2) is 0 Å². The molecule has 1 aliphatic rings. The normalized spacial score (nSPS) is 24.5. The van der Waals surface area contributed by atoms with Gasteiger partial charge in [0.2, 0.25) is 0 Å². The van der Waals surface area contributed by atoms with E-state index in [1.807, 2.05) is 6.07 Å². The number of Topliss-reactive ketones (excluding diaryl/α,β-unsaturated/α-hetero) is 1. The van der Waals surface area contributed by atoms with Crippen LogP contribution in [0.4, 0.5) is 0 Å². The molecule has 0 bridgehead atoms. The van der Waals surface area contributed by atoms with Crippen LogP contribution in [0.2, 0.25) is 0 Å². The molecule has 0 unspecified atom stereocenters. The third-order valence-corrected chi connectivity index (χ3v) is 3.26. The summed E-state index contributed by atoms with van der Waals surface area (Å²) in [7, 11) is 0. The molecular formula is C15H20O2. The summed E-state index contributed by atoms with van der Waals surface area (Å²) >= 11 is 0. The first kappa shape index (κ1) is 12.3. The van der Waals surface area contributed by atoms with E-state index in [9.17, 15) is 4.79 Å².